The summed E-state index contributed by atoms with van der Waals surface area (Å²) >= 11 is 0. The average Bonchev–Trinajstić information content (AvgIpc) is 2.18. The molecule has 0 aromatic carbocycles. The molecule has 0 fully saturated rings. The highest BCUT2D eigenvalue weighted by molar-refractivity contribution is 5.96. The van der Waals surface area contributed by atoms with Gasteiger partial charge in [0.05, 0.1) is 0 Å². The number of nitrogens with one attached hydrogen (secondary N) is 2. The van der Waals surface area contributed by atoms with Crippen molar-refractivity contribution in [2.24, 2.45) is 5.73 Å². The maximum atomic E-state index is 11.4. The van der Waals surface area contributed by atoms with E-state index in [4.69, 9.17) is 5.73 Å². The Morgan fingerprint density at radius 1 is 1.53 bits per heavy atom. The number of rotatable bonds is 3. The van der Waals surface area contributed by atoms with Crippen LogP contribution in [0.2, 0.25) is 0 Å². The zero-order valence-corrected chi connectivity index (χ0v) is 8.11. The van der Waals surface area contributed by atoms with Gasteiger partial charge in [-0.1, -0.05) is 0 Å². The third kappa shape index (κ3) is 2.67. The van der Waals surface area contributed by atoms with Gasteiger partial charge < -0.3 is 16.0 Å². The van der Waals surface area contributed by atoms with Crippen molar-refractivity contribution in [1.29, 1.82) is 0 Å². The molecule has 0 aliphatic heterocycles. The number of H-pyrrole nitrogens is 1. The van der Waals surface area contributed by atoms with Crippen molar-refractivity contribution in [2.45, 2.75) is 13.0 Å². The van der Waals surface area contributed by atoms with Gasteiger partial charge in [0.1, 0.15) is 11.6 Å². The Hall–Kier alpha value is -2.11. The molecule has 1 aromatic heterocycles. The van der Waals surface area contributed by atoms with Gasteiger partial charge in [-0.2, -0.15) is 0 Å². The molecule has 0 saturated carbocycles. The SMILES string of the molecule is CC(NC(=O)c1c[nH]ccc1=O)C(N)=O. The predicted molar refractivity (Wildman–Crippen MR) is 53.2 cm³/mol. The van der Waals surface area contributed by atoms with E-state index in [1.165, 1.54) is 25.4 Å². The summed E-state index contributed by atoms with van der Waals surface area (Å²) < 4.78 is 0. The van der Waals surface area contributed by atoms with Crippen molar-refractivity contribution in [2.75, 3.05) is 0 Å². The quantitative estimate of drug-likeness (QED) is 0.593. The molecule has 0 bridgehead atoms. The molecule has 0 saturated heterocycles. The van der Waals surface area contributed by atoms with Crippen LogP contribution in [-0.4, -0.2) is 22.8 Å². The molecule has 6 heteroatoms. The number of primary amides is 1. The first-order valence-corrected chi connectivity index (χ1v) is 4.29. The Morgan fingerprint density at radius 2 is 2.20 bits per heavy atom. The van der Waals surface area contributed by atoms with Crippen molar-refractivity contribution in [3.63, 3.8) is 0 Å². The Labute approximate surface area is 85.5 Å². The van der Waals surface area contributed by atoms with E-state index in [-0.39, 0.29) is 5.56 Å². The highest BCUT2D eigenvalue weighted by atomic mass is 16.2. The summed E-state index contributed by atoms with van der Waals surface area (Å²) in [5.41, 5.74) is 4.50. The summed E-state index contributed by atoms with van der Waals surface area (Å²) in [6, 6.07) is 0.418. The molecule has 1 rings (SSSR count). The van der Waals surface area contributed by atoms with Crippen molar-refractivity contribution >= 4 is 11.8 Å². The first-order chi connectivity index (χ1) is 7.02. The van der Waals surface area contributed by atoms with Gasteiger partial charge in [0.2, 0.25) is 5.91 Å². The highest BCUT2D eigenvalue weighted by Gasteiger charge is 2.15. The van der Waals surface area contributed by atoms with Crippen LogP contribution in [0, 0.1) is 0 Å². The standard InChI is InChI=1S/C9H11N3O3/c1-5(8(10)14)12-9(15)6-4-11-3-2-7(6)13/h2-5H,1H3,(H2,10,14)(H,11,13)(H,12,15). The van der Waals surface area contributed by atoms with Gasteiger partial charge in [-0.05, 0) is 6.92 Å². The van der Waals surface area contributed by atoms with Crippen LogP contribution in [0.4, 0.5) is 0 Å². The van der Waals surface area contributed by atoms with Crippen LogP contribution in [0.3, 0.4) is 0 Å². The zero-order chi connectivity index (χ0) is 11.4. The van der Waals surface area contributed by atoms with Crippen LogP contribution >= 0.6 is 0 Å². The van der Waals surface area contributed by atoms with Gasteiger partial charge in [0.25, 0.3) is 5.91 Å². The average molecular weight is 209 g/mol. The number of aromatic nitrogens is 1. The van der Waals surface area contributed by atoms with Crippen molar-refractivity contribution in [3.8, 4) is 0 Å². The number of pyridine rings is 1. The van der Waals surface area contributed by atoms with Gasteiger partial charge in [0.15, 0.2) is 5.43 Å². The maximum Gasteiger partial charge on any atom is 0.257 e. The minimum atomic E-state index is -0.808. The van der Waals surface area contributed by atoms with Crippen LogP contribution in [0.25, 0.3) is 0 Å². The van der Waals surface area contributed by atoms with Crippen LogP contribution in [-0.2, 0) is 4.79 Å². The van der Waals surface area contributed by atoms with Gasteiger partial charge in [-0.25, -0.2) is 0 Å². The van der Waals surface area contributed by atoms with Gasteiger partial charge in [-0.3, -0.25) is 14.4 Å². The van der Waals surface area contributed by atoms with Crippen LogP contribution in [0.15, 0.2) is 23.3 Å². The van der Waals surface area contributed by atoms with Crippen molar-refractivity contribution < 1.29 is 9.59 Å². The summed E-state index contributed by atoms with van der Waals surface area (Å²) in [7, 11) is 0. The van der Waals surface area contributed by atoms with Crippen LogP contribution in [0.5, 0.6) is 0 Å². The summed E-state index contributed by atoms with van der Waals surface area (Å²) in [5.74, 6) is -1.28. The number of aromatic amines is 1. The Bertz CT molecular complexity index is 438. The number of carbonyl (C=O) groups is 2. The number of nitrogens with two attached hydrogens (primary N) is 1. The fourth-order valence-corrected chi connectivity index (χ4v) is 0.939. The number of carbonyl (C=O) groups excluding carboxylic acids is 2. The van der Waals surface area contributed by atoms with Gasteiger partial charge in [0, 0.05) is 18.5 Å². The molecule has 1 atom stereocenters. The van der Waals surface area contributed by atoms with E-state index in [0.717, 1.165) is 0 Å². The second-order valence-corrected chi connectivity index (χ2v) is 3.02. The van der Waals surface area contributed by atoms with Gasteiger partial charge in [-0.15, -0.1) is 0 Å². The van der Waals surface area contributed by atoms with Crippen LogP contribution < -0.4 is 16.5 Å². The molecule has 0 radical (unpaired) electrons. The molecule has 1 unspecified atom stereocenters. The Kier molecular flexibility index (Phi) is 3.22. The summed E-state index contributed by atoms with van der Waals surface area (Å²) in [4.78, 5) is 35.9. The molecule has 6 nitrogen and oxygen atoms in total. The predicted octanol–water partition coefficient (Wildman–Crippen LogP) is -1.02. The van der Waals surface area contributed by atoms with E-state index in [0.29, 0.717) is 0 Å². The van der Waals surface area contributed by atoms with Crippen LogP contribution in [0.1, 0.15) is 17.3 Å². The number of hydrogen-bond donors (Lipinski definition) is 3. The van der Waals surface area contributed by atoms with Crippen molar-refractivity contribution in [1.82, 2.24) is 10.3 Å². The fourth-order valence-electron chi connectivity index (χ4n) is 0.939. The highest BCUT2D eigenvalue weighted by Crippen LogP contribution is 1.89. The molecule has 4 N–H and O–H groups in total. The molecular weight excluding hydrogens is 198 g/mol. The summed E-state index contributed by atoms with van der Waals surface area (Å²) in [5, 5.41) is 2.30. The molecular formula is C9H11N3O3. The third-order valence-electron chi connectivity index (χ3n) is 1.84. The van der Waals surface area contributed by atoms with E-state index in [2.05, 4.69) is 10.3 Å². The lowest BCUT2D eigenvalue weighted by Crippen LogP contribution is -2.43. The molecule has 80 valence electrons. The minimum absolute atomic E-state index is 0.0504. The first kappa shape index (κ1) is 11.0. The summed E-state index contributed by atoms with van der Waals surface area (Å²) in [6.45, 7) is 1.44. The topological polar surface area (TPSA) is 105 Å². The molecule has 0 aliphatic rings. The second-order valence-electron chi connectivity index (χ2n) is 3.02. The van der Waals surface area contributed by atoms with E-state index in [1.54, 1.807) is 0 Å². The van der Waals surface area contributed by atoms with Gasteiger partial charge >= 0.3 is 0 Å². The molecule has 2 amide bonds. The largest absolute Gasteiger partial charge is 0.368 e. The molecule has 0 aliphatic carbocycles. The van der Waals surface area contributed by atoms with E-state index >= 15 is 0 Å². The van der Waals surface area contributed by atoms with E-state index in [9.17, 15) is 14.4 Å². The Morgan fingerprint density at radius 3 is 2.73 bits per heavy atom. The molecule has 1 aromatic rings. The second kappa shape index (κ2) is 4.41. The molecule has 1 heterocycles. The lowest BCUT2D eigenvalue weighted by atomic mass is 10.2. The lowest BCUT2D eigenvalue weighted by Gasteiger charge is -2.08. The molecule has 0 spiro atoms. The monoisotopic (exact) mass is 209 g/mol. The number of amides is 2. The van der Waals surface area contributed by atoms with Crippen molar-refractivity contribution in [3.05, 3.63) is 34.2 Å². The fraction of sp³-hybridized carbons (Fsp3) is 0.222. The first-order valence-electron chi connectivity index (χ1n) is 4.29. The normalized spacial score (nSPS) is 11.8. The van der Waals surface area contributed by atoms with E-state index in [1.807, 2.05) is 0 Å². The number of hydrogen-bond acceptors (Lipinski definition) is 3. The lowest BCUT2D eigenvalue weighted by molar-refractivity contribution is -0.119. The van der Waals surface area contributed by atoms with E-state index < -0.39 is 23.3 Å². The smallest absolute Gasteiger partial charge is 0.257 e. The summed E-state index contributed by atoms with van der Waals surface area (Å²) in [6.07, 6.45) is 2.68. The maximum absolute atomic E-state index is 11.4. The third-order valence-corrected chi connectivity index (χ3v) is 1.84. The molecule has 15 heavy (non-hydrogen) atoms. The minimum Gasteiger partial charge on any atom is -0.368 e. The Balaban J connectivity index is 2.83. The zero-order valence-electron chi connectivity index (χ0n) is 8.11.